The van der Waals surface area contributed by atoms with Gasteiger partial charge in [-0.1, -0.05) is 31.9 Å². The highest BCUT2D eigenvalue weighted by atomic mass is 32.1. The molecule has 0 saturated heterocycles. The molecule has 7 heteroatoms. The number of hydrogen-bond donors (Lipinski definition) is 3. The van der Waals surface area contributed by atoms with E-state index in [1.807, 2.05) is 0 Å². The van der Waals surface area contributed by atoms with Gasteiger partial charge >= 0.3 is 0 Å². The lowest BCUT2D eigenvalue weighted by atomic mass is 10.1. The molecular weight excluding hydrogens is 350 g/mol. The molecule has 2 amide bonds. The highest BCUT2D eigenvalue weighted by Gasteiger charge is 2.13. The molecule has 3 N–H and O–H groups in total. The molecule has 0 unspecified atom stereocenters. The van der Waals surface area contributed by atoms with Gasteiger partial charge in [0.2, 0.25) is 5.91 Å². The predicted octanol–water partition coefficient (Wildman–Crippen LogP) is 3.60. The number of amides is 2. The van der Waals surface area contributed by atoms with Crippen molar-refractivity contribution in [2.24, 2.45) is 0 Å². The maximum absolute atomic E-state index is 12.4. The van der Waals surface area contributed by atoms with Crippen LogP contribution >= 0.6 is 12.2 Å². The van der Waals surface area contributed by atoms with E-state index in [0.717, 1.165) is 19.3 Å². The van der Waals surface area contributed by atoms with Crippen molar-refractivity contribution in [2.45, 2.75) is 39.2 Å². The zero-order chi connectivity index (χ0) is 18.8. The van der Waals surface area contributed by atoms with Crippen LogP contribution in [0.15, 0.2) is 47.1 Å². The van der Waals surface area contributed by atoms with Crippen molar-refractivity contribution in [1.82, 2.24) is 10.6 Å². The molecule has 0 aliphatic heterocycles. The highest BCUT2D eigenvalue weighted by molar-refractivity contribution is 7.80. The summed E-state index contributed by atoms with van der Waals surface area (Å²) in [4.78, 5) is 24.3. The molecule has 0 atom stereocenters. The number of carbonyl (C=O) groups is 2. The smallest absolute Gasteiger partial charge is 0.253 e. The molecule has 0 spiro atoms. The minimum absolute atomic E-state index is 0.129. The zero-order valence-corrected chi connectivity index (χ0v) is 15.5. The van der Waals surface area contributed by atoms with Crippen LogP contribution in [-0.2, 0) is 11.3 Å². The lowest BCUT2D eigenvalue weighted by Crippen LogP contribution is -2.34. The minimum Gasteiger partial charge on any atom is -0.467 e. The van der Waals surface area contributed by atoms with Gasteiger partial charge in [0, 0.05) is 6.42 Å². The first-order valence-corrected chi connectivity index (χ1v) is 9.01. The van der Waals surface area contributed by atoms with Gasteiger partial charge in [-0.2, -0.15) is 0 Å². The molecule has 1 heterocycles. The van der Waals surface area contributed by atoms with Crippen molar-refractivity contribution in [1.29, 1.82) is 0 Å². The van der Waals surface area contributed by atoms with Gasteiger partial charge in [-0.25, -0.2) is 0 Å². The molecule has 0 aliphatic rings. The number of carbonyl (C=O) groups excluding carboxylic acids is 2. The minimum atomic E-state index is -0.262. The van der Waals surface area contributed by atoms with Crippen LogP contribution in [0.1, 0.15) is 48.7 Å². The van der Waals surface area contributed by atoms with Crippen molar-refractivity contribution >= 4 is 34.8 Å². The number of hydrogen-bond acceptors (Lipinski definition) is 4. The van der Waals surface area contributed by atoms with Crippen LogP contribution in [-0.4, -0.2) is 16.9 Å². The first-order chi connectivity index (χ1) is 12.6. The fraction of sp³-hybridized carbons (Fsp3) is 0.316. The Kier molecular flexibility index (Phi) is 7.82. The van der Waals surface area contributed by atoms with Gasteiger partial charge in [-0.15, -0.1) is 0 Å². The zero-order valence-electron chi connectivity index (χ0n) is 14.7. The molecule has 0 bridgehead atoms. The number of furan rings is 1. The Labute approximate surface area is 158 Å². The average molecular weight is 373 g/mol. The quantitative estimate of drug-likeness (QED) is 0.486. The molecule has 2 rings (SSSR count). The summed E-state index contributed by atoms with van der Waals surface area (Å²) >= 11 is 5.18. The van der Waals surface area contributed by atoms with Crippen LogP contribution in [0.2, 0.25) is 0 Å². The molecule has 0 aliphatic carbocycles. The Morgan fingerprint density at radius 1 is 1.12 bits per heavy atom. The Bertz CT molecular complexity index is 744. The Hall–Kier alpha value is -2.67. The third kappa shape index (κ3) is 6.33. The van der Waals surface area contributed by atoms with E-state index >= 15 is 0 Å². The number of thiocarbonyl (C=S) groups is 1. The average Bonchev–Trinajstić information content (AvgIpc) is 3.14. The van der Waals surface area contributed by atoms with Gasteiger partial charge in [-0.05, 0) is 42.9 Å². The SMILES string of the molecule is CCCCCC(=O)NC(=S)Nc1ccccc1C(=O)NCc1ccco1. The van der Waals surface area contributed by atoms with Crippen molar-refractivity contribution in [3.63, 3.8) is 0 Å². The molecule has 6 nitrogen and oxygen atoms in total. The summed E-state index contributed by atoms with van der Waals surface area (Å²) in [6.07, 6.45) is 4.87. The molecule has 2 aromatic rings. The van der Waals surface area contributed by atoms with Crippen LogP contribution < -0.4 is 16.0 Å². The second-order valence-corrected chi connectivity index (χ2v) is 6.18. The summed E-state index contributed by atoms with van der Waals surface area (Å²) in [7, 11) is 0. The number of benzene rings is 1. The summed E-state index contributed by atoms with van der Waals surface area (Å²) in [5.74, 6) is 0.274. The van der Waals surface area contributed by atoms with E-state index in [1.54, 1.807) is 42.7 Å². The van der Waals surface area contributed by atoms with Crippen molar-refractivity contribution in [3.8, 4) is 0 Å². The lowest BCUT2D eigenvalue weighted by molar-refractivity contribution is -0.119. The maximum Gasteiger partial charge on any atom is 0.253 e. The van der Waals surface area contributed by atoms with Crippen LogP contribution in [0.4, 0.5) is 5.69 Å². The highest BCUT2D eigenvalue weighted by Crippen LogP contribution is 2.15. The molecule has 0 radical (unpaired) electrons. The number of unbranched alkanes of at least 4 members (excludes halogenated alkanes) is 2. The van der Waals surface area contributed by atoms with E-state index in [2.05, 4.69) is 22.9 Å². The van der Waals surface area contributed by atoms with Gasteiger partial charge < -0.3 is 20.4 Å². The first-order valence-electron chi connectivity index (χ1n) is 8.60. The van der Waals surface area contributed by atoms with Gasteiger partial charge in [0.05, 0.1) is 24.1 Å². The predicted molar refractivity (Wildman–Crippen MR) is 105 cm³/mol. The molecule has 1 aromatic heterocycles. The summed E-state index contributed by atoms with van der Waals surface area (Å²) in [5.41, 5.74) is 0.963. The van der Waals surface area contributed by atoms with E-state index in [-0.39, 0.29) is 16.9 Å². The number of anilines is 1. The summed E-state index contributed by atoms with van der Waals surface area (Å²) in [5, 5.41) is 8.53. The molecule has 26 heavy (non-hydrogen) atoms. The summed E-state index contributed by atoms with van der Waals surface area (Å²) in [6.45, 7) is 2.37. The molecule has 0 fully saturated rings. The van der Waals surface area contributed by atoms with Crippen LogP contribution in [0.25, 0.3) is 0 Å². The number of para-hydroxylation sites is 1. The fourth-order valence-electron chi connectivity index (χ4n) is 2.34. The largest absolute Gasteiger partial charge is 0.467 e. The third-order valence-corrected chi connectivity index (χ3v) is 3.89. The molecule has 0 saturated carbocycles. The van der Waals surface area contributed by atoms with Crippen molar-refractivity contribution in [3.05, 3.63) is 54.0 Å². The second kappa shape index (κ2) is 10.4. The monoisotopic (exact) mass is 373 g/mol. The van der Waals surface area contributed by atoms with E-state index in [0.29, 0.717) is 30.0 Å². The van der Waals surface area contributed by atoms with Crippen LogP contribution in [0.5, 0.6) is 0 Å². The maximum atomic E-state index is 12.4. The number of nitrogens with one attached hydrogen (secondary N) is 3. The van der Waals surface area contributed by atoms with Gasteiger partial charge in [0.15, 0.2) is 5.11 Å². The van der Waals surface area contributed by atoms with Gasteiger partial charge in [0.1, 0.15) is 5.76 Å². The standard InChI is InChI=1S/C19H23N3O3S/c1-2-3-4-11-17(23)22-19(26)21-16-10-6-5-9-15(16)18(24)20-13-14-8-7-12-25-14/h5-10,12H,2-4,11,13H2,1H3,(H,20,24)(H2,21,22,23,26). The van der Waals surface area contributed by atoms with E-state index in [1.165, 1.54) is 0 Å². The van der Waals surface area contributed by atoms with E-state index < -0.39 is 0 Å². The van der Waals surface area contributed by atoms with Crippen molar-refractivity contribution < 1.29 is 14.0 Å². The number of rotatable bonds is 8. The third-order valence-electron chi connectivity index (χ3n) is 3.68. The van der Waals surface area contributed by atoms with E-state index in [9.17, 15) is 9.59 Å². The topological polar surface area (TPSA) is 83.4 Å². The van der Waals surface area contributed by atoms with E-state index in [4.69, 9.17) is 16.6 Å². The normalized spacial score (nSPS) is 10.2. The van der Waals surface area contributed by atoms with Crippen LogP contribution in [0.3, 0.4) is 0 Å². The Balaban J connectivity index is 1.91. The molecule has 1 aromatic carbocycles. The Morgan fingerprint density at radius 3 is 2.65 bits per heavy atom. The first kappa shape index (κ1) is 19.7. The van der Waals surface area contributed by atoms with Gasteiger partial charge in [-0.3, -0.25) is 9.59 Å². The van der Waals surface area contributed by atoms with Crippen molar-refractivity contribution in [2.75, 3.05) is 5.32 Å². The van der Waals surface area contributed by atoms with Gasteiger partial charge in [0.25, 0.3) is 5.91 Å². The summed E-state index contributed by atoms with van der Waals surface area (Å²) < 4.78 is 5.20. The molecule has 138 valence electrons. The lowest BCUT2D eigenvalue weighted by Gasteiger charge is -2.13. The fourth-order valence-corrected chi connectivity index (χ4v) is 2.57. The Morgan fingerprint density at radius 2 is 1.92 bits per heavy atom. The van der Waals surface area contributed by atoms with Crippen LogP contribution in [0, 0.1) is 0 Å². The second-order valence-electron chi connectivity index (χ2n) is 5.77. The summed E-state index contributed by atoms with van der Waals surface area (Å²) in [6, 6.07) is 10.5. The molecular formula is C19H23N3O3S.